The van der Waals surface area contributed by atoms with Crippen molar-refractivity contribution >= 4 is 8.56 Å². The molecule has 0 aromatic heterocycles. The Kier molecular flexibility index (Phi) is 9.84. The van der Waals surface area contributed by atoms with Crippen molar-refractivity contribution in [3.05, 3.63) is 0 Å². The van der Waals surface area contributed by atoms with Crippen molar-refractivity contribution in [1.29, 1.82) is 0 Å². The lowest BCUT2D eigenvalue weighted by molar-refractivity contribution is 0.0892. The third-order valence-corrected chi connectivity index (χ3v) is 16.7. The summed E-state index contributed by atoms with van der Waals surface area (Å²) in [7, 11) is 1.73. The summed E-state index contributed by atoms with van der Waals surface area (Å²) in [5.41, 5.74) is 0. The monoisotopic (exact) mass is 476 g/mol. The molecule has 0 amide bonds. The minimum atomic E-state index is -2.53. The van der Waals surface area contributed by atoms with Gasteiger partial charge in [0.05, 0.1) is 0 Å². The maximum atomic E-state index is 7.19. The van der Waals surface area contributed by atoms with Gasteiger partial charge in [0.1, 0.15) is 0 Å². The van der Waals surface area contributed by atoms with Gasteiger partial charge in [0.2, 0.25) is 0 Å². The lowest BCUT2D eigenvalue weighted by atomic mass is 9.78. The Balaban J connectivity index is 1.86. The molecule has 0 atom stereocenters. The Hall–Kier alpha value is 0.137. The maximum absolute atomic E-state index is 7.19. The van der Waals surface area contributed by atoms with Crippen molar-refractivity contribution in [2.75, 3.05) is 14.2 Å². The molecule has 4 rings (SSSR count). The van der Waals surface area contributed by atoms with Crippen LogP contribution in [0.1, 0.15) is 154 Å². The minimum absolute atomic E-state index is 0.341. The van der Waals surface area contributed by atoms with E-state index in [0.29, 0.717) is 10.1 Å². The summed E-state index contributed by atoms with van der Waals surface area (Å²) < 4.78 is 14.4. The average molecular weight is 477 g/mol. The van der Waals surface area contributed by atoms with E-state index in [1.165, 1.54) is 154 Å². The zero-order valence-electron chi connectivity index (χ0n) is 22.4. The van der Waals surface area contributed by atoms with Gasteiger partial charge in [-0.1, -0.05) is 128 Å². The summed E-state index contributed by atoms with van der Waals surface area (Å²) in [5.74, 6) is 1.69. The molecule has 4 fully saturated rings. The molecule has 0 aromatic carbocycles. The largest absolute Gasteiger partial charge is 0.397 e. The number of rotatable bonds is 6. The van der Waals surface area contributed by atoms with Crippen LogP contribution in [0.3, 0.4) is 0 Å². The molecule has 0 unspecified atom stereocenters. The Bertz CT molecular complexity index is 494. The van der Waals surface area contributed by atoms with Gasteiger partial charge in [-0.25, -0.2) is 0 Å². The van der Waals surface area contributed by atoms with E-state index in [9.17, 15) is 0 Å². The molecule has 0 saturated heterocycles. The molecule has 4 aliphatic rings. The lowest BCUT2D eigenvalue weighted by Crippen LogP contribution is -2.65. The minimum Gasteiger partial charge on any atom is -0.397 e. The van der Waals surface area contributed by atoms with Gasteiger partial charge in [-0.15, -0.1) is 0 Å². The van der Waals surface area contributed by atoms with E-state index in [0.717, 1.165) is 11.8 Å². The Morgan fingerprint density at radius 2 is 0.697 bits per heavy atom. The highest BCUT2D eigenvalue weighted by atomic mass is 28.4. The van der Waals surface area contributed by atoms with Crippen LogP contribution in [-0.2, 0) is 8.85 Å². The molecule has 0 radical (unpaired) electrons. The second kappa shape index (κ2) is 12.4. The van der Waals surface area contributed by atoms with E-state index in [2.05, 4.69) is 14.2 Å². The van der Waals surface area contributed by atoms with Crippen molar-refractivity contribution in [2.24, 2.45) is 11.8 Å². The van der Waals surface area contributed by atoms with Crippen molar-refractivity contribution in [3.63, 3.8) is 0 Å². The van der Waals surface area contributed by atoms with Crippen LogP contribution in [0.2, 0.25) is 10.1 Å². The van der Waals surface area contributed by atoms with E-state index < -0.39 is 8.56 Å². The van der Waals surface area contributed by atoms with Crippen LogP contribution < -0.4 is 0 Å². The summed E-state index contributed by atoms with van der Waals surface area (Å²) in [4.78, 5) is 0. The Morgan fingerprint density at radius 3 is 0.970 bits per heavy atom. The van der Waals surface area contributed by atoms with Crippen molar-refractivity contribution in [3.8, 4) is 0 Å². The molecule has 3 heteroatoms. The van der Waals surface area contributed by atoms with Gasteiger partial charge in [0.25, 0.3) is 0 Å². The molecule has 192 valence electrons. The Labute approximate surface area is 207 Å². The maximum Gasteiger partial charge on any atom is 0.351 e. The number of hydrogen-bond donors (Lipinski definition) is 0. The molecule has 0 bridgehead atoms. The molecule has 33 heavy (non-hydrogen) atoms. The van der Waals surface area contributed by atoms with Gasteiger partial charge in [-0.05, 0) is 37.5 Å². The Morgan fingerprint density at radius 1 is 0.424 bits per heavy atom. The smallest absolute Gasteiger partial charge is 0.351 e. The highest BCUT2D eigenvalue weighted by molar-refractivity contribution is 6.74. The van der Waals surface area contributed by atoms with E-state index in [1.54, 1.807) is 0 Å². The van der Waals surface area contributed by atoms with Gasteiger partial charge in [0.15, 0.2) is 0 Å². The molecule has 0 aliphatic heterocycles. The quantitative estimate of drug-likeness (QED) is 0.280. The third-order valence-electron chi connectivity index (χ3n) is 11.2. The summed E-state index contributed by atoms with van der Waals surface area (Å²) in [6, 6.07) is 0. The fourth-order valence-corrected chi connectivity index (χ4v) is 16.2. The van der Waals surface area contributed by atoms with Crippen LogP contribution in [-0.4, -0.2) is 22.8 Å². The molecular weight excluding hydrogens is 420 g/mol. The van der Waals surface area contributed by atoms with Crippen LogP contribution in [0.15, 0.2) is 0 Å². The van der Waals surface area contributed by atoms with E-state index in [4.69, 9.17) is 8.85 Å². The van der Waals surface area contributed by atoms with Gasteiger partial charge in [-0.2, -0.15) is 0 Å². The topological polar surface area (TPSA) is 18.5 Å². The van der Waals surface area contributed by atoms with Crippen LogP contribution in [0.5, 0.6) is 0 Å². The molecule has 4 saturated carbocycles. The van der Waals surface area contributed by atoms with Crippen LogP contribution in [0.4, 0.5) is 0 Å². The average Bonchev–Trinajstić information content (AvgIpc) is 3.43. The SMILES string of the molecule is CO[Si](OC)(C1(C2CCCCCC2)CCCCCC1)C1(C2CCCCCC2)CCCCCC1. The van der Waals surface area contributed by atoms with Crippen molar-refractivity contribution < 1.29 is 8.85 Å². The second-order valence-corrected chi connectivity index (χ2v) is 16.6. The van der Waals surface area contributed by atoms with Crippen molar-refractivity contribution in [2.45, 2.75) is 164 Å². The first-order valence-electron chi connectivity index (χ1n) is 15.3. The van der Waals surface area contributed by atoms with Gasteiger partial charge < -0.3 is 8.85 Å². The predicted octanol–water partition coefficient (Wildman–Crippen LogP) is 9.85. The number of hydrogen-bond acceptors (Lipinski definition) is 2. The zero-order valence-corrected chi connectivity index (χ0v) is 23.4. The summed E-state index contributed by atoms with van der Waals surface area (Å²) in [5, 5.41) is 0.683. The zero-order chi connectivity index (χ0) is 23.0. The fourth-order valence-electron chi connectivity index (χ4n) is 9.79. The summed E-state index contributed by atoms with van der Waals surface area (Å²) in [6.07, 6.45) is 34.4. The molecule has 0 N–H and O–H groups in total. The first-order chi connectivity index (χ1) is 16.2. The normalized spacial score (nSPS) is 28.9. The van der Waals surface area contributed by atoms with E-state index in [1.807, 2.05) is 0 Å². The molecule has 4 aliphatic carbocycles. The summed E-state index contributed by atoms with van der Waals surface area (Å²) >= 11 is 0. The predicted molar refractivity (Wildman–Crippen MR) is 143 cm³/mol. The van der Waals surface area contributed by atoms with Gasteiger partial charge in [-0.3, -0.25) is 0 Å². The standard InChI is InChI=1S/C30H56O2Si/c1-31-33(32-2,29(23-15-7-8-16-24-29)27-19-11-3-4-12-20-27)30(25-17-9-10-18-26-30)28-21-13-5-6-14-22-28/h27-28H,3-26H2,1-2H3. The first-order valence-corrected chi connectivity index (χ1v) is 17.2. The third kappa shape index (κ3) is 5.04. The molecular formula is C30H56O2Si. The summed E-state index contributed by atoms with van der Waals surface area (Å²) in [6.45, 7) is 0. The van der Waals surface area contributed by atoms with Crippen LogP contribution >= 0.6 is 0 Å². The van der Waals surface area contributed by atoms with E-state index in [-0.39, 0.29) is 0 Å². The second-order valence-electron chi connectivity index (χ2n) is 12.5. The first kappa shape index (κ1) is 26.2. The molecule has 0 aromatic rings. The van der Waals surface area contributed by atoms with E-state index >= 15 is 0 Å². The van der Waals surface area contributed by atoms with Gasteiger partial charge >= 0.3 is 8.56 Å². The molecule has 2 nitrogen and oxygen atoms in total. The van der Waals surface area contributed by atoms with Gasteiger partial charge in [0, 0.05) is 24.3 Å². The molecule has 0 heterocycles. The fraction of sp³-hybridized carbons (Fsp3) is 1.00. The highest BCUT2D eigenvalue weighted by Crippen LogP contribution is 2.71. The molecule has 0 spiro atoms. The van der Waals surface area contributed by atoms with Crippen LogP contribution in [0.25, 0.3) is 0 Å². The van der Waals surface area contributed by atoms with Crippen LogP contribution in [0, 0.1) is 11.8 Å². The lowest BCUT2D eigenvalue weighted by Gasteiger charge is -2.61. The highest BCUT2D eigenvalue weighted by Gasteiger charge is 2.70. The van der Waals surface area contributed by atoms with Crippen molar-refractivity contribution in [1.82, 2.24) is 0 Å².